The maximum absolute atomic E-state index is 14.6. The van der Waals surface area contributed by atoms with Crippen molar-refractivity contribution in [1.82, 2.24) is 35.2 Å². The predicted molar refractivity (Wildman–Crippen MR) is 222 cm³/mol. The summed E-state index contributed by atoms with van der Waals surface area (Å²) in [6.07, 6.45) is 0.966. The summed E-state index contributed by atoms with van der Waals surface area (Å²) >= 11 is 0. The maximum Gasteiger partial charge on any atom is 0.435 e. The Hall–Kier alpha value is -5.17. The number of nitrogens with zero attached hydrogens (tertiary/aromatic N) is 4. The van der Waals surface area contributed by atoms with E-state index in [0.29, 0.717) is 43.4 Å². The molecule has 4 heterocycles. The molecule has 20 heteroatoms. The number of fused-ring (bicyclic) bond motifs is 2. The van der Waals surface area contributed by atoms with Gasteiger partial charge in [0, 0.05) is 13.0 Å². The Morgan fingerprint density at radius 1 is 0.902 bits per heavy atom. The van der Waals surface area contributed by atoms with E-state index in [9.17, 15) is 18.9 Å². The zero-order chi connectivity index (χ0) is 43.6. The number of carbonyl (C=O) groups excluding carboxylic acids is 3. The van der Waals surface area contributed by atoms with E-state index in [0.717, 1.165) is 11.1 Å². The van der Waals surface area contributed by atoms with Crippen LogP contribution < -0.4 is 21.5 Å². The molecule has 330 valence electrons. The molecule has 2 aromatic carbocycles. The fraction of sp³-hybridized carbons (Fsp3) is 0.512. The maximum atomic E-state index is 14.6. The molecule has 0 bridgehead atoms. The Kier molecular flexibility index (Phi) is 15.0. The number of unbranched alkanes of at least 4 members (excludes halogenated alkanes) is 3. The average molecular weight is 867 g/mol. The minimum Gasteiger partial charge on any atom is -0.445 e. The van der Waals surface area contributed by atoms with Crippen LogP contribution in [0.2, 0.25) is 0 Å². The van der Waals surface area contributed by atoms with E-state index >= 15 is 0 Å². The van der Waals surface area contributed by atoms with Crippen molar-refractivity contribution in [2.75, 3.05) is 25.5 Å². The van der Waals surface area contributed by atoms with Crippen molar-refractivity contribution >= 4 is 42.8 Å². The van der Waals surface area contributed by atoms with Gasteiger partial charge in [0.1, 0.15) is 48.4 Å². The molecule has 2 saturated heterocycles. The summed E-state index contributed by atoms with van der Waals surface area (Å²) in [5.41, 5.74) is 7.60. The largest absolute Gasteiger partial charge is 0.445 e. The van der Waals surface area contributed by atoms with Crippen molar-refractivity contribution in [3.05, 3.63) is 84.4 Å². The first-order valence-corrected chi connectivity index (χ1v) is 21.8. The lowest BCUT2D eigenvalue weighted by Crippen LogP contribution is -2.49. The lowest BCUT2D eigenvalue weighted by Gasteiger charge is -2.27. The molecule has 5 N–H and O–H groups in total. The summed E-state index contributed by atoms with van der Waals surface area (Å²) in [6, 6.07) is 17.2. The molecule has 2 fully saturated rings. The van der Waals surface area contributed by atoms with Crippen molar-refractivity contribution in [3.8, 4) is 0 Å². The number of nitrogens with one attached hydrogen (secondary N) is 3. The first-order chi connectivity index (χ1) is 29.1. The van der Waals surface area contributed by atoms with Gasteiger partial charge in [0.15, 0.2) is 23.5 Å². The Morgan fingerprint density at radius 2 is 1.59 bits per heavy atom. The molecule has 0 saturated carbocycles. The van der Waals surface area contributed by atoms with Gasteiger partial charge in [0.25, 0.3) is 5.91 Å². The normalized spacial score (nSPS) is 20.9. The average Bonchev–Trinajstić information content (AvgIpc) is 3.88. The van der Waals surface area contributed by atoms with Gasteiger partial charge in [-0.05, 0) is 58.6 Å². The summed E-state index contributed by atoms with van der Waals surface area (Å²) in [5, 5.41) is 7.81. The van der Waals surface area contributed by atoms with Gasteiger partial charge in [-0.2, -0.15) is 0 Å². The van der Waals surface area contributed by atoms with Gasteiger partial charge in [0.05, 0.1) is 19.5 Å². The van der Waals surface area contributed by atoms with Gasteiger partial charge >= 0.3 is 19.9 Å². The van der Waals surface area contributed by atoms with Crippen molar-refractivity contribution in [2.45, 2.75) is 115 Å². The zero-order valence-corrected chi connectivity index (χ0v) is 35.9. The number of amides is 3. The highest BCUT2D eigenvalue weighted by Gasteiger charge is 2.56. The van der Waals surface area contributed by atoms with Gasteiger partial charge in [-0.3, -0.25) is 23.5 Å². The van der Waals surface area contributed by atoms with Crippen molar-refractivity contribution in [3.63, 3.8) is 0 Å². The minimum atomic E-state index is -4.47. The number of aromatic nitrogens is 4. The molecule has 0 aliphatic carbocycles. The van der Waals surface area contributed by atoms with E-state index < -0.39 is 67.8 Å². The third-order valence-corrected chi connectivity index (χ3v) is 11.1. The smallest absolute Gasteiger partial charge is 0.435 e. The molecule has 0 radical (unpaired) electrons. The molecule has 2 aromatic heterocycles. The molecule has 0 spiro atoms. The SMILES string of the molecule is CC(C)(C)OC(=O)N[C@@H](Cc1ccccc1)C(=O)NP(=O)(OCCCCCCNC(=O)OCc1ccccc1)OC[C@H]1O[C@@H](n2cnc3c(N)ncnc32)[C@@H]2OC(C)(C)O[C@@H]21. The third-order valence-electron chi connectivity index (χ3n) is 9.55. The quantitative estimate of drug-likeness (QED) is 0.0653. The van der Waals surface area contributed by atoms with Crippen LogP contribution in [-0.4, -0.2) is 93.1 Å². The fourth-order valence-electron chi connectivity index (χ4n) is 6.80. The van der Waals surface area contributed by atoms with Crippen LogP contribution in [0, 0.1) is 0 Å². The van der Waals surface area contributed by atoms with Crippen LogP contribution in [0.3, 0.4) is 0 Å². The monoisotopic (exact) mass is 866 g/mol. The first-order valence-electron chi connectivity index (χ1n) is 20.2. The topological polar surface area (TPSA) is 239 Å². The van der Waals surface area contributed by atoms with Gasteiger partial charge in [0.2, 0.25) is 0 Å². The number of carbonyl (C=O) groups is 3. The van der Waals surface area contributed by atoms with E-state index in [1.54, 1.807) is 63.5 Å². The van der Waals surface area contributed by atoms with Crippen LogP contribution in [0.25, 0.3) is 11.2 Å². The van der Waals surface area contributed by atoms with Crippen LogP contribution in [0.5, 0.6) is 0 Å². The minimum absolute atomic E-state index is 0.0457. The van der Waals surface area contributed by atoms with E-state index in [1.807, 2.05) is 36.4 Å². The van der Waals surface area contributed by atoms with Crippen LogP contribution >= 0.6 is 7.75 Å². The van der Waals surface area contributed by atoms with Gasteiger partial charge in [-0.15, -0.1) is 0 Å². The van der Waals surface area contributed by atoms with Crippen molar-refractivity contribution < 1.29 is 51.7 Å². The highest BCUT2D eigenvalue weighted by atomic mass is 31.2. The Bertz CT molecular complexity index is 2140. The molecule has 6 atom stereocenters. The molecule has 61 heavy (non-hydrogen) atoms. The lowest BCUT2D eigenvalue weighted by atomic mass is 10.1. The highest BCUT2D eigenvalue weighted by Crippen LogP contribution is 2.48. The molecule has 6 rings (SSSR count). The molecule has 19 nitrogen and oxygen atoms in total. The predicted octanol–water partition coefficient (Wildman–Crippen LogP) is 5.71. The summed E-state index contributed by atoms with van der Waals surface area (Å²) in [5.74, 6) is -1.64. The zero-order valence-electron chi connectivity index (χ0n) is 35.0. The number of benzene rings is 2. The number of nitrogens with two attached hydrogens (primary N) is 1. The third kappa shape index (κ3) is 12.9. The number of nitrogen functional groups attached to an aromatic ring is 1. The number of imidazole rings is 1. The first kappa shape index (κ1) is 45.4. The molecule has 2 aliphatic heterocycles. The molecule has 4 aromatic rings. The van der Waals surface area contributed by atoms with E-state index in [1.165, 1.54) is 12.7 Å². The van der Waals surface area contributed by atoms with E-state index in [2.05, 4.69) is 30.7 Å². The molecular formula is C41H55N8O11P. The molecule has 1 unspecified atom stereocenters. The number of hydrogen-bond acceptors (Lipinski definition) is 15. The summed E-state index contributed by atoms with van der Waals surface area (Å²) in [7, 11) is -4.47. The molecule has 3 amide bonds. The summed E-state index contributed by atoms with van der Waals surface area (Å²) in [4.78, 5) is 51.8. The van der Waals surface area contributed by atoms with E-state index in [4.69, 9.17) is 38.5 Å². The second-order valence-corrected chi connectivity index (χ2v) is 17.8. The van der Waals surface area contributed by atoms with Crippen molar-refractivity contribution in [1.29, 1.82) is 0 Å². The molecular weight excluding hydrogens is 811 g/mol. The number of alkyl carbamates (subject to hydrolysis) is 2. The van der Waals surface area contributed by atoms with Crippen LogP contribution in [-0.2, 0) is 55.1 Å². The van der Waals surface area contributed by atoms with Crippen LogP contribution in [0.15, 0.2) is 73.3 Å². The summed E-state index contributed by atoms with van der Waals surface area (Å²) in [6.45, 7) is 8.80. The standard InChI is InChI=1S/C41H55N8O11P/c1-40(2,3)60-39(52)47-29(22-27-16-10-8-11-17-27)36(50)48-61(53,55-21-15-7-6-14-20-43-38(51)54-23-28-18-12-9-13-19-28)56-24-30-32-33(59-41(4,5)58-32)37(57-30)49-26-46-31-34(42)44-25-45-35(31)49/h8-13,16-19,25-26,29-30,32-33,37H,6-7,14-15,20-24H2,1-5H3,(H,43,51)(H,47,52)(H2,42,44,45)(H,48,50,53)/t29-,30+,32+,33+,37+,61?/m0/s1. The molecule has 2 aliphatic rings. The lowest BCUT2D eigenvalue weighted by molar-refractivity contribution is -0.199. The number of hydrogen-bond donors (Lipinski definition) is 4. The number of anilines is 1. The second kappa shape index (κ2) is 20.1. The second-order valence-electron chi connectivity index (χ2n) is 16.1. The summed E-state index contributed by atoms with van der Waals surface area (Å²) < 4.78 is 57.8. The Morgan fingerprint density at radius 3 is 2.31 bits per heavy atom. The Labute approximate surface area is 354 Å². The van der Waals surface area contributed by atoms with Gasteiger partial charge < -0.3 is 40.1 Å². The van der Waals surface area contributed by atoms with Crippen LogP contribution in [0.4, 0.5) is 15.4 Å². The highest BCUT2D eigenvalue weighted by molar-refractivity contribution is 7.52. The fourth-order valence-corrected chi connectivity index (χ4v) is 8.14. The van der Waals surface area contributed by atoms with Crippen LogP contribution in [0.1, 0.15) is 77.7 Å². The number of ether oxygens (including phenoxy) is 5. The van der Waals surface area contributed by atoms with Gasteiger partial charge in [-0.1, -0.05) is 73.5 Å². The number of rotatable bonds is 19. The van der Waals surface area contributed by atoms with E-state index in [-0.39, 0.29) is 32.1 Å². The van der Waals surface area contributed by atoms with Gasteiger partial charge in [-0.25, -0.2) is 29.1 Å². The Balaban J connectivity index is 1.11. The van der Waals surface area contributed by atoms with Crippen molar-refractivity contribution in [2.24, 2.45) is 0 Å².